The van der Waals surface area contributed by atoms with Crippen LogP contribution in [0.25, 0.3) is 10.4 Å². The van der Waals surface area contributed by atoms with Gasteiger partial charge in [0.1, 0.15) is 0 Å². The Hall–Kier alpha value is -1.42. The van der Waals surface area contributed by atoms with E-state index >= 15 is 0 Å². The minimum absolute atomic E-state index is 0.567. The molecule has 2 rings (SSSR count). The Morgan fingerprint density at radius 3 is 3.15 bits per heavy atom. The minimum atomic E-state index is 0.567. The van der Waals surface area contributed by atoms with Gasteiger partial charge in [-0.25, -0.2) is 4.98 Å². The lowest BCUT2D eigenvalue weighted by Gasteiger charge is -2.02. The molecule has 0 N–H and O–H groups in total. The molecule has 3 nitrogen and oxygen atoms in total. The third-order valence-corrected chi connectivity index (χ3v) is 2.52. The van der Waals surface area contributed by atoms with Crippen molar-refractivity contribution < 1.29 is 4.74 Å². The normalized spacial score (nSPS) is 9.92. The second kappa shape index (κ2) is 3.53. The zero-order valence-electron chi connectivity index (χ0n) is 7.02. The molecule has 0 saturated carbocycles. The number of hydrogen-bond donors (Lipinski definition) is 0. The van der Waals surface area contributed by atoms with E-state index in [0.717, 1.165) is 10.4 Å². The van der Waals surface area contributed by atoms with Gasteiger partial charge in [0.25, 0.3) is 0 Å². The Bertz CT molecular complexity index is 386. The van der Waals surface area contributed by atoms with Gasteiger partial charge in [0.15, 0.2) is 0 Å². The Morgan fingerprint density at radius 2 is 2.46 bits per heavy atom. The molecule has 65 valence electrons. The Morgan fingerprint density at radius 1 is 1.54 bits per heavy atom. The number of ether oxygens (including phenoxy) is 1. The van der Waals surface area contributed by atoms with Gasteiger partial charge in [-0.15, -0.1) is 11.3 Å². The molecule has 0 aliphatic carbocycles. The first-order valence-corrected chi connectivity index (χ1v) is 4.60. The summed E-state index contributed by atoms with van der Waals surface area (Å²) in [7, 11) is 1.59. The smallest absolute Gasteiger partial charge is 0.225 e. The van der Waals surface area contributed by atoms with E-state index in [1.165, 1.54) is 0 Å². The second-order valence-corrected chi connectivity index (χ2v) is 3.32. The van der Waals surface area contributed by atoms with E-state index in [4.69, 9.17) is 4.74 Å². The number of nitrogens with zero attached hydrogens (tertiary/aromatic N) is 2. The molecular weight excluding hydrogens is 184 g/mol. The van der Waals surface area contributed by atoms with Crippen molar-refractivity contribution in [2.45, 2.75) is 0 Å². The third-order valence-electron chi connectivity index (χ3n) is 1.61. The van der Waals surface area contributed by atoms with Gasteiger partial charge in [0, 0.05) is 11.1 Å². The molecule has 0 bridgehead atoms. The van der Waals surface area contributed by atoms with Crippen LogP contribution in [0.15, 0.2) is 23.7 Å². The highest BCUT2D eigenvalue weighted by Gasteiger charge is 2.06. The van der Waals surface area contributed by atoms with E-state index in [1.807, 2.05) is 17.5 Å². The number of thiophene rings is 1. The molecule has 0 aromatic carbocycles. The highest BCUT2D eigenvalue weighted by atomic mass is 32.1. The summed E-state index contributed by atoms with van der Waals surface area (Å²) in [6, 6.07) is 3.99. The van der Waals surface area contributed by atoms with Crippen molar-refractivity contribution in [2.75, 3.05) is 7.11 Å². The van der Waals surface area contributed by atoms with Crippen LogP contribution in [0.4, 0.5) is 0 Å². The van der Waals surface area contributed by atoms with Crippen molar-refractivity contribution in [3.05, 3.63) is 30.0 Å². The molecule has 2 aromatic heterocycles. The summed E-state index contributed by atoms with van der Waals surface area (Å²) in [5.74, 6) is 0.567. The number of rotatable bonds is 2. The summed E-state index contributed by atoms with van der Waals surface area (Å²) in [6.07, 6.45) is 4.20. The van der Waals surface area contributed by atoms with Crippen LogP contribution in [0, 0.1) is 6.33 Å². The highest BCUT2D eigenvalue weighted by Crippen LogP contribution is 2.29. The zero-order valence-corrected chi connectivity index (χ0v) is 7.84. The Kier molecular flexibility index (Phi) is 2.23. The summed E-state index contributed by atoms with van der Waals surface area (Å²) >= 11 is 1.63. The molecule has 0 aliphatic rings. The van der Waals surface area contributed by atoms with Crippen LogP contribution in [0.2, 0.25) is 0 Å². The van der Waals surface area contributed by atoms with E-state index in [-0.39, 0.29) is 0 Å². The van der Waals surface area contributed by atoms with Crippen LogP contribution in [0.5, 0.6) is 5.88 Å². The summed E-state index contributed by atoms with van der Waals surface area (Å²) in [4.78, 5) is 8.84. The van der Waals surface area contributed by atoms with Crippen molar-refractivity contribution in [1.82, 2.24) is 9.97 Å². The van der Waals surface area contributed by atoms with Crippen LogP contribution < -0.4 is 4.74 Å². The fourth-order valence-electron chi connectivity index (χ4n) is 1.04. The Balaban J connectivity index is 2.51. The van der Waals surface area contributed by atoms with Crippen LogP contribution in [-0.2, 0) is 0 Å². The van der Waals surface area contributed by atoms with E-state index in [2.05, 4.69) is 16.3 Å². The average molecular weight is 191 g/mol. The SMILES string of the molecule is COc1n[c]ncc1-c1cccs1. The lowest BCUT2D eigenvalue weighted by molar-refractivity contribution is 0.398. The molecule has 0 saturated heterocycles. The molecule has 2 heterocycles. The molecule has 0 aliphatic heterocycles. The van der Waals surface area contributed by atoms with Crippen molar-refractivity contribution in [3.8, 4) is 16.3 Å². The third kappa shape index (κ3) is 1.53. The van der Waals surface area contributed by atoms with Gasteiger partial charge in [-0.2, -0.15) is 4.98 Å². The maximum absolute atomic E-state index is 5.09. The lowest BCUT2D eigenvalue weighted by atomic mass is 10.3. The average Bonchev–Trinajstić information content (AvgIpc) is 2.70. The number of methoxy groups -OCH3 is 1. The van der Waals surface area contributed by atoms with Crippen LogP contribution >= 0.6 is 11.3 Å². The second-order valence-electron chi connectivity index (χ2n) is 2.37. The molecule has 4 heteroatoms. The summed E-state index contributed by atoms with van der Waals surface area (Å²) in [5.41, 5.74) is 0.913. The van der Waals surface area contributed by atoms with E-state index < -0.39 is 0 Å². The monoisotopic (exact) mass is 191 g/mol. The zero-order chi connectivity index (χ0) is 9.10. The molecule has 0 spiro atoms. The van der Waals surface area contributed by atoms with Crippen LogP contribution in [0.3, 0.4) is 0 Å². The number of aromatic nitrogens is 2. The maximum Gasteiger partial charge on any atom is 0.225 e. The van der Waals surface area contributed by atoms with Gasteiger partial charge in [-0.1, -0.05) is 6.07 Å². The molecule has 2 aromatic rings. The van der Waals surface area contributed by atoms with Gasteiger partial charge in [0.05, 0.1) is 12.7 Å². The maximum atomic E-state index is 5.09. The first-order chi connectivity index (χ1) is 6.42. The summed E-state index contributed by atoms with van der Waals surface area (Å²) in [6.45, 7) is 0. The van der Waals surface area contributed by atoms with Gasteiger partial charge >= 0.3 is 0 Å². The fraction of sp³-hybridized carbons (Fsp3) is 0.111. The first kappa shape index (κ1) is 8.19. The predicted octanol–water partition coefficient (Wildman–Crippen LogP) is 2.01. The fourth-order valence-corrected chi connectivity index (χ4v) is 1.77. The van der Waals surface area contributed by atoms with Crippen LogP contribution in [-0.4, -0.2) is 17.1 Å². The van der Waals surface area contributed by atoms with Crippen molar-refractivity contribution in [3.63, 3.8) is 0 Å². The standard InChI is InChI=1S/C9H7N2OS/c1-12-9-7(5-10-6-11-9)8-3-2-4-13-8/h2-5H,1H3. The summed E-state index contributed by atoms with van der Waals surface area (Å²) in [5, 5.41) is 2.01. The molecule has 0 amide bonds. The van der Waals surface area contributed by atoms with E-state index in [9.17, 15) is 0 Å². The molecule has 0 fully saturated rings. The molecule has 0 unspecified atom stereocenters. The van der Waals surface area contributed by atoms with E-state index in [1.54, 1.807) is 24.6 Å². The molecule has 13 heavy (non-hydrogen) atoms. The topological polar surface area (TPSA) is 35.0 Å². The number of hydrogen-bond acceptors (Lipinski definition) is 4. The van der Waals surface area contributed by atoms with Crippen molar-refractivity contribution in [1.29, 1.82) is 0 Å². The first-order valence-electron chi connectivity index (χ1n) is 3.73. The largest absolute Gasteiger partial charge is 0.480 e. The minimum Gasteiger partial charge on any atom is -0.480 e. The van der Waals surface area contributed by atoms with Crippen molar-refractivity contribution >= 4 is 11.3 Å². The molecule has 0 atom stereocenters. The molecular formula is C9H7N2OS. The van der Waals surface area contributed by atoms with Gasteiger partial charge in [-0.3, -0.25) is 0 Å². The van der Waals surface area contributed by atoms with E-state index in [0.29, 0.717) is 5.88 Å². The van der Waals surface area contributed by atoms with Crippen molar-refractivity contribution in [2.24, 2.45) is 0 Å². The van der Waals surface area contributed by atoms with Gasteiger partial charge in [-0.05, 0) is 11.4 Å². The lowest BCUT2D eigenvalue weighted by Crippen LogP contribution is -1.91. The van der Waals surface area contributed by atoms with Gasteiger partial charge < -0.3 is 4.74 Å². The highest BCUT2D eigenvalue weighted by molar-refractivity contribution is 7.13. The predicted molar refractivity (Wildman–Crippen MR) is 50.7 cm³/mol. The quantitative estimate of drug-likeness (QED) is 0.728. The molecule has 1 radical (unpaired) electrons. The van der Waals surface area contributed by atoms with Crippen LogP contribution in [0.1, 0.15) is 0 Å². The Labute approximate surface area is 80.0 Å². The van der Waals surface area contributed by atoms with Gasteiger partial charge in [0.2, 0.25) is 12.2 Å². The summed E-state index contributed by atoms with van der Waals surface area (Å²) < 4.78 is 5.09.